The van der Waals surface area contributed by atoms with Crippen molar-refractivity contribution in [2.75, 3.05) is 0 Å². The van der Waals surface area contributed by atoms with Gasteiger partial charge in [-0.2, -0.15) is 0 Å². The van der Waals surface area contributed by atoms with Crippen LogP contribution in [0.4, 0.5) is 8.78 Å². The number of benzene rings is 2. The third-order valence-electron chi connectivity index (χ3n) is 6.64. The van der Waals surface area contributed by atoms with Gasteiger partial charge in [0.1, 0.15) is 0 Å². The van der Waals surface area contributed by atoms with Gasteiger partial charge < -0.3 is 0 Å². The standard InChI is InChI=1S/C26H26F2/c1-2-18-5-11-24-17-23(13-12-22(24)15-18)21-9-6-19(7-10-21)3-4-20-8-14-25(27)26(28)16-20/h2,6-10,14,16,18,22-24H,1,5,11-13,15,17H2. The number of halogens is 2. The first-order chi connectivity index (χ1) is 13.6. The van der Waals surface area contributed by atoms with Gasteiger partial charge in [-0.25, -0.2) is 8.78 Å². The van der Waals surface area contributed by atoms with Crippen LogP contribution < -0.4 is 0 Å². The fraction of sp³-hybridized carbons (Fsp3) is 0.385. The van der Waals surface area contributed by atoms with E-state index in [2.05, 4.69) is 36.6 Å². The molecule has 2 saturated carbocycles. The Kier molecular flexibility index (Phi) is 5.62. The summed E-state index contributed by atoms with van der Waals surface area (Å²) >= 11 is 0. The van der Waals surface area contributed by atoms with Gasteiger partial charge in [-0.1, -0.05) is 30.0 Å². The Hall–Kier alpha value is -2.40. The van der Waals surface area contributed by atoms with Gasteiger partial charge >= 0.3 is 0 Å². The Morgan fingerprint density at radius 1 is 0.786 bits per heavy atom. The van der Waals surface area contributed by atoms with Crippen molar-refractivity contribution in [2.24, 2.45) is 17.8 Å². The van der Waals surface area contributed by atoms with Crippen LogP contribution in [0.2, 0.25) is 0 Å². The van der Waals surface area contributed by atoms with Gasteiger partial charge in [0.15, 0.2) is 11.6 Å². The first-order valence-corrected chi connectivity index (χ1v) is 10.3. The highest BCUT2D eigenvalue weighted by atomic mass is 19.2. The van der Waals surface area contributed by atoms with E-state index in [0.29, 0.717) is 11.5 Å². The second-order valence-corrected chi connectivity index (χ2v) is 8.34. The molecule has 0 aromatic heterocycles. The largest absolute Gasteiger partial charge is 0.204 e. The SMILES string of the molecule is C=CC1CCC2CC(c3ccc(C#Cc4ccc(F)c(F)c4)cc3)CCC2C1. The normalized spacial score (nSPS) is 26.6. The Labute approximate surface area is 166 Å². The number of allylic oxidation sites excluding steroid dienone is 1. The van der Waals surface area contributed by atoms with Crippen LogP contribution in [0.25, 0.3) is 0 Å². The van der Waals surface area contributed by atoms with Crippen molar-refractivity contribution in [3.8, 4) is 11.8 Å². The molecule has 0 bridgehead atoms. The second kappa shape index (κ2) is 8.31. The zero-order valence-electron chi connectivity index (χ0n) is 16.1. The summed E-state index contributed by atoms with van der Waals surface area (Å²) in [5, 5.41) is 0. The predicted octanol–water partition coefficient (Wildman–Crippen LogP) is 6.85. The van der Waals surface area contributed by atoms with E-state index in [4.69, 9.17) is 0 Å². The Morgan fingerprint density at radius 3 is 2.21 bits per heavy atom. The van der Waals surface area contributed by atoms with Crippen LogP contribution >= 0.6 is 0 Å². The molecule has 0 amide bonds. The van der Waals surface area contributed by atoms with Crippen LogP contribution in [0.1, 0.15) is 61.1 Å². The van der Waals surface area contributed by atoms with Crippen LogP contribution in [0, 0.1) is 41.2 Å². The van der Waals surface area contributed by atoms with Gasteiger partial charge in [0.25, 0.3) is 0 Å². The molecule has 0 N–H and O–H groups in total. The van der Waals surface area contributed by atoms with Crippen LogP contribution in [0.15, 0.2) is 55.1 Å². The molecule has 2 heteroatoms. The summed E-state index contributed by atoms with van der Waals surface area (Å²) in [6.07, 6.45) is 10.0. The van der Waals surface area contributed by atoms with Crippen LogP contribution in [-0.4, -0.2) is 0 Å². The molecule has 2 aromatic carbocycles. The molecule has 2 aliphatic carbocycles. The maximum Gasteiger partial charge on any atom is 0.160 e. The van der Waals surface area contributed by atoms with E-state index in [9.17, 15) is 8.78 Å². The molecule has 4 unspecified atom stereocenters. The van der Waals surface area contributed by atoms with Crippen LogP contribution in [-0.2, 0) is 0 Å². The fourth-order valence-electron chi connectivity index (χ4n) is 5.00. The molecular formula is C26H26F2. The molecule has 4 rings (SSSR count). The van der Waals surface area contributed by atoms with Crippen molar-refractivity contribution in [1.82, 2.24) is 0 Å². The summed E-state index contributed by atoms with van der Waals surface area (Å²) in [7, 11) is 0. The van der Waals surface area contributed by atoms with Gasteiger partial charge in [0, 0.05) is 11.1 Å². The quantitative estimate of drug-likeness (QED) is 0.397. The predicted molar refractivity (Wildman–Crippen MR) is 110 cm³/mol. The molecule has 0 heterocycles. The minimum atomic E-state index is -0.861. The van der Waals surface area contributed by atoms with Crippen molar-refractivity contribution >= 4 is 0 Å². The minimum absolute atomic E-state index is 0.483. The maximum absolute atomic E-state index is 13.3. The van der Waals surface area contributed by atoms with Crippen molar-refractivity contribution in [3.05, 3.63) is 83.4 Å². The molecule has 4 atom stereocenters. The summed E-state index contributed by atoms with van der Waals surface area (Å²) < 4.78 is 26.3. The summed E-state index contributed by atoms with van der Waals surface area (Å²) in [5.74, 6) is 7.37. The maximum atomic E-state index is 13.3. The molecule has 0 radical (unpaired) electrons. The topological polar surface area (TPSA) is 0 Å². The lowest BCUT2D eigenvalue weighted by molar-refractivity contribution is 0.133. The molecule has 0 spiro atoms. The van der Waals surface area contributed by atoms with E-state index >= 15 is 0 Å². The molecule has 28 heavy (non-hydrogen) atoms. The number of rotatable bonds is 2. The molecule has 0 nitrogen and oxygen atoms in total. The van der Waals surface area contributed by atoms with E-state index in [1.54, 1.807) is 0 Å². The van der Waals surface area contributed by atoms with E-state index in [-0.39, 0.29) is 0 Å². The van der Waals surface area contributed by atoms with E-state index < -0.39 is 11.6 Å². The van der Waals surface area contributed by atoms with E-state index in [1.807, 2.05) is 12.1 Å². The second-order valence-electron chi connectivity index (χ2n) is 8.34. The van der Waals surface area contributed by atoms with Gasteiger partial charge in [-0.05, 0) is 98.1 Å². The first-order valence-electron chi connectivity index (χ1n) is 10.3. The third-order valence-corrected chi connectivity index (χ3v) is 6.64. The summed E-state index contributed by atoms with van der Waals surface area (Å²) in [6, 6.07) is 12.2. The van der Waals surface area contributed by atoms with Crippen molar-refractivity contribution in [2.45, 2.75) is 44.4 Å². The molecule has 2 aromatic rings. The summed E-state index contributed by atoms with van der Waals surface area (Å²) in [5.41, 5.74) is 2.78. The zero-order valence-corrected chi connectivity index (χ0v) is 16.1. The zero-order chi connectivity index (χ0) is 19.5. The Bertz CT molecular complexity index is 900. The van der Waals surface area contributed by atoms with Gasteiger partial charge in [0.2, 0.25) is 0 Å². The Morgan fingerprint density at radius 2 is 1.46 bits per heavy atom. The number of hydrogen-bond acceptors (Lipinski definition) is 0. The molecule has 0 aliphatic heterocycles. The highest BCUT2D eigenvalue weighted by molar-refractivity contribution is 5.44. The Balaban J connectivity index is 1.41. The van der Waals surface area contributed by atoms with Crippen LogP contribution in [0.3, 0.4) is 0 Å². The average Bonchev–Trinajstić information content (AvgIpc) is 2.74. The fourth-order valence-corrected chi connectivity index (χ4v) is 5.00. The molecular weight excluding hydrogens is 350 g/mol. The highest BCUT2D eigenvalue weighted by Crippen LogP contribution is 2.47. The first kappa shape index (κ1) is 18.9. The van der Waals surface area contributed by atoms with Crippen molar-refractivity contribution in [3.63, 3.8) is 0 Å². The van der Waals surface area contributed by atoms with Gasteiger partial charge in [-0.3, -0.25) is 0 Å². The van der Waals surface area contributed by atoms with Gasteiger partial charge in [0.05, 0.1) is 0 Å². The highest BCUT2D eigenvalue weighted by Gasteiger charge is 2.35. The van der Waals surface area contributed by atoms with Crippen LogP contribution in [0.5, 0.6) is 0 Å². The lowest BCUT2D eigenvalue weighted by Crippen LogP contribution is -2.29. The summed E-state index contributed by atoms with van der Waals surface area (Å²) in [6.45, 7) is 3.99. The number of fused-ring (bicyclic) bond motifs is 1. The molecule has 2 aliphatic rings. The van der Waals surface area contributed by atoms with E-state index in [1.165, 1.54) is 50.2 Å². The average molecular weight is 376 g/mol. The number of hydrogen-bond donors (Lipinski definition) is 0. The van der Waals surface area contributed by atoms with Crippen molar-refractivity contribution in [1.29, 1.82) is 0 Å². The molecule has 144 valence electrons. The van der Waals surface area contributed by atoms with Gasteiger partial charge in [-0.15, -0.1) is 6.58 Å². The van der Waals surface area contributed by atoms with Crippen molar-refractivity contribution < 1.29 is 8.78 Å². The lowest BCUT2D eigenvalue weighted by Gasteiger charge is -2.41. The third kappa shape index (κ3) is 4.20. The molecule has 2 fully saturated rings. The molecule has 0 saturated heterocycles. The van der Waals surface area contributed by atoms with E-state index in [0.717, 1.165) is 35.4 Å². The monoisotopic (exact) mass is 376 g/mol. The smallest absolute Gasteiger partial charge is 0.160 e. The minimum Gasteiger partial charge on any atom is -0.204 e. The summed E-state index contributed by atoms with van der Waals surface area (Å²) in [4.78, 5) is 0. The lowest BCUT2D eigenvalue weighted by atomic mass is 9.64.